The van der Waals surface area contributed by atoms with Gasteiger partial charge in [0, 0.05) is 6.42 Å². The van der Waals surface area contributed by atoms with Crippen LogP contribution in [0.25, 0.3) is 0 Å². The lowest BCUT2D eigenvalue weighted by Crippen LogP contribution is -2.43. The molecule has 0 radical (unpaired) electrons. The van der Waals surface area contributed by atoms with Gasteiger partial charge in [-0.2, -0.15) is 0 Å². The molecule has 0 amide bonds. The van der Waals surface area contributed by atoms with Crippen molar-refractivity contribution in [1.29, 1.82) is 0 Å². The molecule has 0 spiro atoms. The number of hydrogen-bond acceptors (Lipinski definition) is 6. The van der Waals surface area contributed by atoms with Crippen molar-refractivity contribution in [3.63, 3.8) is 0 Å². The third-order valence-corrected chi connectivity index (χ3v) is 7.50. The standard InChI is InChI=1S/C30H58O6/c1-2-3-4-5-6-7-8-9-10-11-12-13-14-15-16-17-18-19-20-21-22-23-28(33)36-27(24-31)30-29(34)26(32)25-35-30/h26-27,29-32,34H,2-25H2,1H3/t26-,27?,29-,30?/m1/s1. The van der Waals surface area contributed by atoms with E-state index < -0.39 is 31.0 Å². The van der Waals surface area contributed by atoms with Crippen molar-refractivity contribution in [3.8, 4) is 0 Å². The van der Waals surface area contributed by atoms with Gasteiger partial charge in [0.1, 0.15) is 18.3 Å². The lowest BCUT2D eigenvalue weighted by atomic mass is 10.0. The highest BCUT2D eigenvalue weighted by atomic mass is 16.6. The average Bonchev–Trinajstić information content (AvgIpc) is 3.21. The minimum Gasteiger partial charge on any atom is -0.457 e. The number of ether oxygens (including phenoxy) is 2. The summed E-state index contributed by atoms with van der Waals surface area (Å²) in [5.41, 5.74) is 0. The van der Waals surface area contributed by atoms with Crippen molar-refractivity contribution >= 4 is 5.97 Å². The Morgan fingerprint density at radius 1 is 0.722 bits per heavy atom. The largest absolute Gasteiger partial charge is 0.457 e. The Morgan fingerprint density at radius 2 is 1.11 bits per heavy atom. The molecule has 0 bridgehead atoms. The number of unbranched alkanes of at least 4 members (excludes halogenated alkanes) is 20. The fraction of sp³-hybridized carbons (Fsp3) is 0.967. The summed E-state index contributed by atoms with van der Waals surface area (Å²) in [6, 6.07) is 0. The number of carbonyl (C=O) groups is 1. The Bertz CT molecular complexity index is 500. The third kappa shape index (κ3) is 16.9. The zero-order valence-electron chi connectivity index (χ0n) is 23.3. The van der Waals surface area contributed by atoms with E-state index in [0.29, 0.717) is 6.42 Å². The molecule has 2 unspecified atom stereocenters. The Balaban J connectivity index is 1.80. The summed E-state index contributed by atoms with van der Waals surface area (Å²) in [6.45, 7) is 1.83. The molecular formula is C30H58O6. The molecule has 1 saturated heterocycles. The second-order valence-corrected chi connectivity index (χ2v) is 10.9. The molecule has 214 valence electrons. The summed E-state index contributed by atoms with van der Waals surface area (Å²) in [6.07, 6.45) is 24.2. The van der Waals surface area contributed by atoms with Gasteiger partial charge in [-0.3, -0.25) is 4.79 Å². The van der Waals surface area contributed by atoms with Gasteiger partial charge in [-0.05, 0) is 6.42 Å². The van der Waals surface area contributed by atoms with E-state index in [4.69, 9.17) is 9.47 Å². The van der Waals surface area contributed by atoms with Gasteiger partial charge in [0.05, 0.1) is 13.2 Å². The second-order valence-electron chi connectivity index (χ2n) is 10.9. The molecule has 0 aromatic carbocycles. The minimum atomic E-state index is -1.14. The van der Waals surface area contributed by atoms with Gasteiger partial charge in [-0.1, -0.05) is 135 Å². The molecule has 1 aliphatic rings. The maximum atomic E-state index is 12.0. The van der Waals surface area contributed by atoms with Crippen LogP contribution in [-0.2, 0) is 14.3 Å². The van der Waals surface area contributed by atoms with Crippen LogP contribution in [0.15, 0.2) is 0 Å². The first kappa shape index (κ1) is 33.3. The molecule has 36 heavy (non-hydrogen) atoms. The number of rotatable bonds is 25. The summed E-state index contributed by atoms with van der Waals surface area (Å²) >= 11 is 0. The third-order valence-electron chi connectivity index (χ3n) is 7.50. The predicted octanol–water partition coefficient (Wildman–Crippen LogP) is 6.61. The maximum Gasteiger partial charge on any atom is 0.306 e. The van der Waals surface area contributed by atoms with Crippen molar-refractivity contribution in [2.75, 3.05) is 13.2 Å². The highest BCUT2D eigenvalue weighted by Crippen LogP contribution is 2.20. The summed E-state index contributed by atoms with van der Waals surface area (Å²) < 4.78 is 10.5. The van der Waals surface area contributed by atoms with Crippen LogP contribution in [-0.4, -0.2) is 58.9 Å². The van der Waals surface area contributed by atoms with Crippen LogP contribution in [0.4, 0.5) is 0 Å². The molecule has 6 heteroatoms. The van der Waals surface area contributed by atoms with Crippen LogP contribution in [0, 0.1) is 0 Å². The zero-order chi connectivity index (χ0) is 26.3. The normalized spacial score (nSPS) is 20.6. The number of aliphatic hydroxyl groups excluding tert-OH is 3. The van der Waals surface area contributed by atoms with Crippen LogP contribution in [0.1, 0.15) is 148 Å². The van der Waals surface area contributed by atoms with Gasteiger partial charge in [0.25, 0.3) is 0 Å². The van der Waals surface area contributed by atoms with Crippen LogP contribution in [0.5, 0.6) is 0 Å². The Kier molecular flexibility index (Phi) is 21.7. The molecule has 3 N–H and O–H groups in total. The number of aliphatic hydroxyl groups is 3. The van der Waals surface area contributed by atoms with Crippen LogP contribution >= 0.6 is 0 Å². The molecule has 0 aromatic rings. The highest BCUT2D eigenvalue weighted by molar-refractivity contribution is 5.69. The summed E-state index contributed by atoms with van der Waals surface area (Å²) in [5, 5.41) is 28.8. The molecular weight excluding hydrogens is 456 g/mol. The Labute approximate surface area is 221 Å². The lowest BCUT2D eigenvalue weighted by molar-refractivity contribution is -0.162. The summed E-state index contributed by atoms with van der Waals surface area (Å²) in [5.74, 6) is -0.385. The molecule has 6 nitrogen and oxygen atoms in total. The van der Waals surface area contributed by atoms with Gasteiger partial charge < -0.3 is 24.8 Å². The first-order valence-electron chi connectivity index (χ1n) is 15.4. The van der Waals surface area contributed by atoms with E-state index in [0.717, 1.165) is 19.3 Å². The van der Waals surface area contributed by atoms with Crippen LogP contribution < -0.4 is 0 Å². The second kappa shape index (κ2) is 23.4. The van der Waals surface area contributed by atoms with Gasteiger partial charge >= 0.3 is 5.97 Å². The van der Waals surface area contributed by atoms with Crippen LogP contribution in [0.3, 0.4) is 0 Å². The molecule has 0 saturated carbocycles. The van der Waals surface area contributed by atoms with Gasteiger partial charge in [-0.15, -0.1) is 0 Å². The Morgan fingerprint density at radius 3 is 1.44 bits per heavy atom. The molecule has 1 heterocycles. The minimum absolute atomic E-state index is 0.0146. The molecule has 4 atom stereocenters. The van der Waals surface area contributed by atoms with E-state index in [1.165, 1.54) is 116 Å². The Hall–Kier alpha value is -0.690. The topological polar surface area (TPSA) is 96.2 Å². The van der Waals surface area contributed by atoms with Crippen molar-refractivity contribution in [3.05, 3.63) is 0 Å². The van der Waals surface area contributed by atoms with Crippen LogP contribution in [0.2, 0.25) is 0 Å². The van der Waals surface area contributed by atoms with E-state index in [-0.39, 0.29) is 12.6 Å². The molecule has 0 aliphatic carbocycles. The van der Waals surface area contributed by atoms with E-state index >= 15 is 0 Å². The predicted molar refractivity (Wildman–Crippen MR) is 146 cm³/mol. The van der Waals surface area contributed by atoms with Gasteiger partial charge in [0.2, 0.25) is 0 Å². The van der Waals surface area contributed by atoms with E-state index in [2.05, 4.69) is 6.92 Å². The van der Waals surface area contributed by atoms with Crippen molar-refractivity contribution in [2.45, 2.75) is 173 Å². The van der Waals surface area contributed by atoms with E-state index in [1.54, 1.807) is 0 Å². The molecule has 1 aliphatic heterocycles. The first-order valence-corrected chi connectivity index (χ1v) is 15.4. The molecule has 1 fully saturated rings. The number of hydrogen-bond donors (Lipinski definition) is 3. The van der Waals surface area contributed by atoms with Crippen molar-refractivity contribution < 1.29 is 29.6 Å². The maximum absolute atomic E-state index is 12.0. The monoisotopic (exact) mass is 514 g/mol. The lowest BCUT2D eigenvalue weighted by Gasteiger charge is -2.24. The zero-order valence-corrected chi connectivity index (χ0v) is 23.3. The smallest absolute Gasteiger partial charge is 0.306 e. The highest BCUT2D eigenvalue weighted by Gasteiger charge is 2.41. The number of carbonyl (C=O) groups excluding carboxylic acids is 1. The average molecular weight is 515 g/mol. The molecule has 0 aromatic heterocycles. The van der Waals surface area contributed by atoms with E-state index in [1.807, 2.05) is 0 Å². The number of esters is 1. The SMILES string of the molecule is CCCCCCCCCCCCCCCCCCCCCCCC(=O)OC(CO)C1OC[C@@H](O)[C@H]1O. The van der Waals surface area contributed by atoms with Gasteiger partial charge in [0.15, 0.2) is 6.10 Å². The summed E-state index contributed by atoms with van der Waals surface area (Å²) in [4.78, 5) is 12.0. The molecule has 1 rings (SSSR count). The van der Waals surface area contributed by atoms with E-state index in [9.17, 15) is 20.1 Å². The fourth-order valence-electron chi connectivity index (χ4n) is 5.09. The van der Waals surface area contributed by atoms with Gasteiger partial charge in [-0.25, -0.2) is 0 Å². The first-order chi connectivity index (χ1) is 17.6. The summed E-state index contributed by atoms with van der Waals surface area (Å²) in [7, 11) is 0. The van der Waals surface area contributed by atoms with Crippen molar-refractivity contribution in [2.24, 2.45) is 0 Å². The quantitative estimate of drug-likeness (QED) is 0.0936. The fourth-order valence-corrected chi connectivity index (χ4v) is 5.09. The van der Waals surface area contributed by atoms with Crippen molar-refractivity contribution in [1.82, 2.24) is 0 Å².